The Labute approximate surface area is 174 Å². The smallest absolute Gasteiger partial charge is 0.314 e. The summed E-state index contributed by atoms with van der Waals surface area (Å²) >= 11 is 0. The van der Waals surface area contributed by atoms with Gasteiger partial charge in [0.25, 0.3) is 0 Å². The zero-order valence-corrected chi connectivity index (χ0v) is 17.5. The Morgan fingerprint density at radius 3 is 2.48 bits per heavy atom. The topological polar surface area (TPSA) is 53.6 Å². The van der Waals surface area contributed by atoms with Gasteiger partial charge in [0, 0.05) is 32.7 Å². The molecule has 1 saturated heterocycles. The molecule has 4 aliphatic carbocycles. The number of hydrogen-bond acceptors (Lipinski definition) is 3. The highest BCUT2D eigenvalue weighted by Crippen LogP contribution is 2.65. The highest BCUT2D eigenvalue weighted by Gasteiger charge is 2.57. The Balaban J connectivity index is 1.17. The first kappa shape index (κ1) is 19.4. The Hall–Kier alpha value is -1.59. The van der Waals surface area contributed by atoms with Crippen molar-refractivity contribution in [2.24, 2.45) is 17.3 Å². The molecule has 1 aromatic rings. The lowest BCUT2D eigenvalue weighted by Crippen LogP contribution is -2.58. The van der Waals surface area contributed by atoms with E-state index in [1.165, 1.54) is 44.1 Å². The van der Waals surface area contributed by atoms with Crippen LogP contribution in [-0.2, 0) is 10.2 Å². The zero-order valence-electron chi connectivity index (χ0n) is 17.5. The molecule has 0 aromatic heterocycles. The largest absolute Gasteiger partial charge is 0.379 e. The van der Waals surface area contributed by atoms with Gasteiger partial charge in [0.2, 0.25) is 0 Å². The van der Waals surface area contributed by atoms with Crippen LogP contribution < -0.4 is 10.6 Å². The first-order valence-electron chi connectivity index (χ1n) is 11.5. The lowest BCUT2D eigenvalue weighted by Gasteiger charge is -2.62. The van der Waals surface area contributed by atoms with Gasteiger partial charge >= 0.3 is 6.03 Å². The first-order chi connectivity index (χ1) is 14.1. The Kier molecular flexibility index (Phi) is 5.29. The second kappa shape index (κ2) is 7.92. The summed E-state index contributed by atoms with van der Waals surface area (Å²) in [5.74, 6) is 1.67. The second-order valence-corrected chi connectivity index (χ2v) is 10.2. The number of amides is 2. The van der Waals surface area contributed by atoms with Gasteiger partial charge in [-0.25, -0.2) is 4.79 Å². The van der Waals surface area contributed by atoms with E-state index >= 15 is 0 Å². The molecule has 4 bridgehead atoms. The van der Waals surface area contributed by atoms with Crippen LogP contribution in [0.25, 0.3) is 0 Å². The molecule has 5 heteroatoms. The van der Waals surface area contributed by atoms with Gasteiger partial charge in [-0.05, 0) is 66.8 Å². The average molecular weight is 398 g/mol. The molecule has 5 nitrogen and oxygen atoms in total. The van der Waals surface area contributed by atoms with Crippen LogP contribution in [0, 0.1) is 17.3 Å². The third kappa shape index (κ3) is 4.04. The summed E-state index contributed by atoms with van der Waals surface area (Å²) < 4.78 is 5.38. The molecule has 0 radical (unpaired) electrons. The molecule has 1 aliphatic heterocycles. The highest BCUT2D eigenvalue weighted by atomic mass is 16.5. The maximum Gasteiger partial charge on any atom is 0.314 e. The quantitative estimate of drug-likeness (QED) is 0.775. The third-order valence-corrected chi connectivity index (χ3v) is 8.01. The highest BCUT2D eigenvalue weighted by molar-refractivity contribution is 5.73. The van der Waals surface area contributed by atoms with Crippen molar-refractivity contribution < 1.29 is 9.53 Å². The van der Waals surface area contributed by atoms with E-state index in [9.17, 15) is 4.79 Å². The van der Waals surface area contributed by atoms with Crippen LogP contribution in [0.4, 0.5) is 4.79 Å². The van der Waals surface area contributed by atoms with Crippen molar-refractivity contribution in [1.29, 1.82) is 0 Å². The lowest BCUT2D eigenvalue weighted by molar-refractivity contribution is -0.0693. The molecule has 2 atom stereocenters. The first-order valence-corrected chi connectivity index (χ1v) is 11.5. The molecule has 4 saturated carbocycles. The summed E-state index contributed by atoms with van der Waals surface area (Å²) in [5, 5.41) is 6.32. The van der Waals surface area contributed by atoms with Crippen molar-refractivity contribution in [2.75, 3.05) is 45.9 Å². The molecule has 5 fully saturated rings. The number of nitrogens with one attached hydrogen (secondary N) is 2. The van der Waals surface area contributed by atoms with Crippen LogP contribution in [0.5, 0.6) is 0 Å². The molecule has 158 valence electrons. The van der Waals surface area contributed by atoms with E-state index in [0.717, 1.165) is 51.2 Å². The predicted molar refractivity (Wildman–Crippen MR) is 114 cm³/mol. The summed E-state index contributed by atoms with van der Waals surface area (Å²) in [6.07, 6.45) is 7.94. The van der Waals surface area contributed by atoms with Crippen molar-refractivity contribution in [3.05, 3.63) is 35.9 Å². The fraction of sp³-hybridized carbons (Fsp3) is 0.708. The van der Waals surface area contributed by atoms with Gasteiger partial charge < -0.3 is 15.4 Å². The number of carbonyl (C=O) groups is 1. The third-order valence-electron chi connectivity index (χ3n) is 8.01. The monoisotopic (exact) mass is 397 g/mol. The van der Waals surface area contributed by atoms with E-state index in [2.05, 4.69) is 45.9 Å². The number of hydrogen-bond donors (Lipinski definition) is 2. The van der Waals surface area contributed by atoms with Gasteiger partial charge in [0.05, 0.1) is 13.2 Å². The predicted octanol–water partition coefficient (Wildman–Crippen LogP) is 3.16. The average Bonchev–Trinajstić information content (AvgIpc) is 2.73. The molecule has 1 heterocycles. The minimum Gasteiger partial charge on any atom is -0.379 e. The maximum absolute atomic E-state index is 12.5. The van der Waals surface area contributed by atoms with Gasteiger partial charge in [-0.15, -0.1) is 0 Å². The molecule has 6 rings (SSSR count). The van der Waals surface area contributed by atoms with E-state index in [-0.39, 0.29) is 6.03 Å². The number of carbonyl (C=O) groups excluding carboxylic acids is 1. The van der Waals surface area contributed by atoms with Gasteiger partial charge in [0.15, 0.2) is 0 Å². The summed E-state index contributed by atoms with van der Waals surface area (Å²) in [4.78, 5) is 14.8. The van der Waals surface area contributed by atoms with Gasteiger partial charge in [-0.1, -0.05) is 30.3 Å². The summed E-state index contributed by atoms with van der Waals surface area (Å²) in [5.41, 5.74) is 2.18. The SMILES string of the molecule is O=C(NCCN1CCOCC1)NCC12CC3CC(C1)CC(c1ccccc1)(C3)C2. The molecule has 1 aromatic carbocycles. The molecular formula is C24H35N3O2. The van der Waals surface area contributed by atoms with E-state index in [4.69, 9.17) is 4.74 Å². The van der Waals surface area contributed by atoms with Crippen LogP contribution >= 0.6 is 0 Å². The van der Waals surface area contributed by atoms with Crippen molar-refractivity contribution in [2.45, 2.75) is 43.9 Å². The normalized spacial score (nSPS) is 36.1. The minimum absolute atomic E-state index is 0.00256. The maximum atomic E-state index is 12.5. The zero-order chi connectivity index (χ0) is 19.7. The van der Waals surface area contributed by atoms with Crippen LogP contribution in [0.1, 0.15) is 44.1 Å². The van der Waals surface area contributed by atoms with E-state index in [0.29, 0.717) is 17.4 Å². The molecule has 5 aliphatic rings. The number of nitrogens with zero attached hydrogens (tertiary/aromatic N) is 1. The van der Waals surface area contributed by atoms with Crippen molar-refractivity contribution in [1.82, 2.24) is 15.5 Å². The number of benzene rings is 1. The molecule has 2 N–H and O–H groups in total. The Bertz CT molecular complexity index is 702. The fourth-order valence-corrected chi connectivity index (χ4v) is 7.27. The Morgan fingerprint density at radius 2 is 1.76 bits per heavy atom. The van der Waals surface area contributed by atoms with E-state index < -0.39 is 0 Å². The summed E-state index contributed by atoms with van der Waals surface area (Å²) in [6, 6.07) is 11.2. The van der Waals surface area contributed by atoms with Crippen LogP contribution in [0.3, 0.4) is 0 Å². The molecule has 0 spiro atoms. The lowest BCUT2D eigenvalue weighted by atomic mass is 9.43. The van der Waals surface area contributed by atoms with Crippen molar-refractivity contribution in [3.63, 3.8) is 0 Å². The summed E-state index contributed by atoms with van der Waals surface area (Å²) in [7, 11) is 0. The number of urea groups is 1. The molecule has 2 amide bonds. The van der Waals surface area contributed by atoms with Crippen LogP contribution in [-0.4, -0.2) is 56.9 Å². The van der Waals surface area contributed by atoms with Crippen LogP contribution in [0.15, 0.2) is 30.3 Å². The van der Waals surface area contributed by atoms with Crippen molar-refractivity contribution >= 4 is 6.03 Å². The van der Waals surface area contributed by atoms with Crippen molar-refractivity contribution in [3.8, 4) is 0 Å². The van der Waals surface area contributed by atoms with E-state index in [1.807, 2.05) is 0 Å². The number of ether oxygens (including phenoxy) is 1. The molecule has 29 heavy (non-hydrogen) atoms. The minimum atomic E-state index is 0.00256. The Morgan fingerprint density at radius 1 is 1.03 bits per heavy atom. The summed E-state index contributed by atoms with van der Waals surface area (Å²) in [6.45, 7) is 5.99. The second-order valence-electron chi connectivity index (χ2n) is 10.2. The molecule has 2 unspecified atom stereocenters. The van der Waals surface area contributed by atoms with Gasteiger partial charge in [-0.2, -0.15) is 0 Å². The van der Waals surface area contributed by atoms with E-state index in [1.54, 1.807) is 0 Å². The standard InChI is InChI=1S/C24H35N3O2/c28-22(25-6-7-27-8-10-29-11-9-27)26-18-23-13-19-12-20(14-23)16-24(15-19,17-23)21-4-2-1-3-5-21/h1-5,19-20H,6-18H2,(H2,25,26,28). The van der Waals surface area contributed by atoms with Gasteiger partial charge in [-0.3, -0.25) is 4.90 Å². The van der Waals surface area contributed by atoms with Crippen LogP contribution in [0.2, 0.25) is 0 Å². The number of morpholine rings is 1. The van der Waals surface area contributed by atoms with Gasteiger partial charge in [0.1, 0.15) is 0 Å². The fourth-order valence-electron chi connectivity index (χ4n) is 7.27. The molecular weight excluding hydrogens is 362 g/mol. The number of rotatable bonds is 6.